The molecular weight excluding hydrogens is 326 g/mol. The molecule has 0 saturated carbocycles. The second-order valence-electron chi connectivity index (χ2n) is 5.16. The number of amides is 1. The molecule has 5 heteroatoms. The Balaban J connectivity index is 1.64. The third-order valence-electron chi connectivity index (χ3n) is 3.47. The molecule has 0 aliphatic carbocycles. The monoisotopic (exact) mass is 339 g/mol. The van der Waals surface area contributed by atoms with E-state index in [1.807, 2.05) is 30.3 Å². The van der Waals surface area contributed by atoms with E-state index in [2.05, 4.69) is 5.32 Å². The van der Waals surface area contributed by atoms with Gasteiger partial charge in [-0.1, -0.05) is 48.0 Å². The lowest BCUT2D eigenvalue weighted by Crippen LogP contribution is -2.21. The number of nitrogens with one attached hydrogen (secondary N) is 1. The fraction of sp³-hybridized carbons (Fsp3) is 0.0526. The summed E-state index contributed by atoms with van der Waals surface area (Å²) in [5.74, 6) is -0.941. The highest BCUT2D eigenvalue weighted by Gasteiger charge is 2.13. The number of halogens is 1. The Bertz CT molecular complexity index is 885. The average Bonchev–Trinajstić information content (AvgIpc) is 2.61. The SMILES string of the molecule is O=C(COC(=O)c1cccc2ccccc12)Nc1ccc(Cl)cc1. The van der Waals surface area contributed by atoms with Crippen molar-refractivity contribution in [1.82, 2.24) is 0 Å². The molecule has 24 heavy (non-hydrogen) atoms. The van der Waals surface area contributed by atoms with Crippen molar-refractivity contribution in [3.8, 4) is 0 Å². The molecule has 0 spiro atoms. The molecule has 3 aromatic rings. The highest BCUT2D eigenvalue weighted by Crippen LogP contribution is 2.19. The molecule has 0 bridgehead atoms. The van der Waals surface area contributed by atoms with E-state index in [4.69, 9.17) is 16.3 Å². The summed E-state index contributed by atoms with van der Waals surface area (Å²) < 4.78 is 5.12. The quantitative estimate of drug-likeness (QED) is 0.721. The minimum atomic E-state index is -0.530. The Hall–Kier alpha value is -2.85. The Labute approximate surface area is 144 Å². The molecule has 0 fully saturated rings. The second kappa shape index (κ2) is 7.15. The molecule has 0 aliphatic rings. The van der Waals surface area contributed by atoms with Crippen LogP contribution in [0.25, 0.3) is 10.8 Å². The average molecular weight is 340 g/mol. The van der Waals surface area contributed by atoms with Crippen molar-refractivity contribution in [3.63, 3.8) is 0 Å². The fourth-order valence-corrected chi connectivity index (χ4v) is 2.47. The van der Waals surface area contributed by atoms with E-state index >= 15 is 0 Å². The van der Waals surface area contributed by atoms with Crippen LogP contribution in [0.4, 0.5) is 5.69 Å². The second-order valence-corrected chi connectivity index (χ2v) is 5.59. The molecular formula is C19H14ClNO3. The Kier molecular flexibility index (Phi) is 4.77. The largest absolute Gasteiger partial charge is 0.452 e. The fourth-order valence-electron chi connectivity index (χ4n) is 2.34. The number of esters is 1. The van der Waals surface area contributed by atoms with E-state index in [1.165, 1.54) is 0 Å². The summed E-state index contributed by atoms with van der Waals surface area (Å²) in [5.41, 5.74) is 1.03. The van der Waals surface area contributed by atoms with E-state index in [9.17, 15) is 9.59 Å². The van der Waals surface area contributed by atoms with Crippen molar-refractivity contribution in [1.29, 1.82) is 0 Å². The standard InChI is InChI=1S/C19H14ClNO3/c20-14-8-10-15(11-9-14)21-18(22)12-24-19(23)17-7-3-5-13-4-1-2-6-16(13)17/h1-11H,12H2,(H,21,22). The minimum Gasteiger partial charge on any atom is -0.452 e. The molecule has 1 amide bonds. The molecule has 0 radical (unpaired) electrons. The first kappa shape index (κ1) is 16.0. The van der Waals surface area contributed by atoms with Crippen LogP contribution in [0, 0.1) is 0 Å². The van der Waals surface area contributed by atoms with Gasteiger partial charge in [-0.25, -0.2) is 4.79 Å². The van der Waals surface area contributed by atoms with Gasteiger partial charge in [-0.15, -0.1) is 0 Å². The number of benzene rings is 3. The number of carbonyl (C=O) groups excluding carboxylic acids is 2. The maximum Gasteiger partial charge on any atom is 0.339 e. The zero-order chi connectivity index (χ0) is 16.9. The van der Waals surface area contributed by atoms with Crippen molar-refractivity contribution in [2.45, 2.75) is 0 Å². The van der Waals surface area contributed by atoms with Crippen molar-refractivity contribution in [2.75, 3.05) is 11.9 Å². The molecule has 0 saturated heterocycles. The van der Waals surface area contributed by atoms with Crippen molar-refractivity contribution < 1.29 is 14.3 Å². The van der Waals surface area contributed by atoms with Gasteiger partial charge in [0.2, 0.25) is 0 Å². The molecule has 0 heterocycles. The summed E-state index contributed by atoms with van der Waals surface area (Å²) in [6, 6.07) is 19.6. The number of ether oxygens (including phenoxy) is 1. The number of hydrogen-bond acceptors (Lipinski definition) is 3. The van der Waals surface area contributed by atoms with E-state index in [1.54, 1.807) is 36.4 Å². The molecule has 0 aromatic heterocycles. The van der Waals surface area contributed by atoms with Gasteiger partial charge in [-0.05, 0) is 41.1 Å². The predicted octanol–water partition coefficient (Wildman–Crippen LogP) is 4.29. The Morgan fingerprint density at radius 2 is 1.62 bits per heavy atom. The normalized spacial score (nSPS) is 10.4. The van der Waals surface area contributed by atoms with E-state index in [0.717, 1.165) is 10.8 Å². The van der Waals surface area contributed by atoms with Crippen LogP contribution in [0.1, 0.15) is 10.4 Å². The van der Waals surface area contributed by atoms with Crippen LogP contribution in [-0.4, -0.2) is 18.5 Å². The zero-order valence-corrected chi connectivity index (χ0v) is 13.4. The number of anilines is 1. The van der Waals surface area contributed by atoms with Gasteiger partial charge in [0.25, 0.3) is 5.91 Å². The van der Waals surface area contributed by atoms with E-state index in [-0.39, 0.29) is 6.61 Å². The van der Waals surface area contributed by atoms with Crippen LogP contribution < -0.4 is 5.32 Å². The van der Waals surface area contributed by atoms with Gasteiger partial charge in [0.05, 0.1) is 5.56 Å². The lowest BCUT2D eigenvalue weighted by molar-refractivity contribution is -0.119. The van der Waals surface area contributed by atoms with Gasteiger partial charge in [0.1, 0.15) is 0 Å². The van der Waals surface area contributed by atoms with Gasteiger partial charge < -0.3 is 10.1 Å². The summed E-state index contributed by atoms with van der Waals surface area (Å²) in [6.45, 7) is -0.356. The molecule has 4 nitrogen and oxygen atoms in total. The summed E-state index contributed by atoms with van der Waals surface area (Å²) in [6.07, 6.45) is 0. The third-order valence-corrected chi connectivity index (χ3v) is 3.72. The topological polar surface area (TPSA) is 55.4 Å². The van der Waals surface area contributed by atoms with Crippen LogP contribution in [0.5, 0.6) is 0 Å². The lowest BCUT2D eigenvalue weighted by atomic mass is 10.1. The highest BCUT2D eigenvalue weighted by atomic mass is 35.5. The van der Waals surface area contributed by atoms with Crippen LogP contribution in [0.15, 0.2) is 66.7 Å². The number of carbonyl (C=O) groups is 2. The highest BCUT2D eigenvalue weighted by molar-refractivity contribution is 6.30. The van der Waals surface area contributed by atoms with Gasteiger partial charge in [-0.2, -0.15) is 0 Å². The molecule has 0 atom stereocenters. The predicted molar refractivity (Wildman–Crippen MR) is 94.3 cm³/mol. The molecule has 0 unspecified atom stereocenters. The first-order valence-corrected chi connectivity index (χ1v) is 7.71. The maximum absolute atomic E-state index is 12.2. The van der Waals surface area contributed by atoms with Crippen LogP contribution >= 0.6 is 11.6 Å². The maximum atomic E-state index is 12.2. The smallest absolute Gasteiger partial charge is 0.339 e. The molecule has 3 aromatic carbocycles. The summed E-state index contributed by atoms with van der Waals surface area (Å²) >= 11 is 5.78. The zero-order valence-electron chi connectivity index (χ0n) is 12.7. The van der Waals surface area contributed by atoms with Crippen LogP contribution in [0.3, 0.4) is 0 Å². The minimum absolute atomic E-state index is 0.356. The number of fused-ring (bicyclic) bond motifs is 1. The molecule has 3 rings (SSSR count). The molecule has 120 valence electrons. The third kappa shape index (κ3) is 3.73. The van der Waals surface area contributed by atoms with Crippen molar-refractivity contribution >= 4 is 39.9 Å². The molecule has 1 N–H and O–H groups in total. The van der Waals surface area contributed by atoms with Crippen LogP contribution in [0.2, 0.25) is 5.02 Å². The Morgan fingerprint density at radius 3 is 2.42 bits per heavy atom. The lowest BCUT2D eigenvalue weighted by Gasteiger charge is -2.08. The first-order chi connectivity index (χ1) is 11.6. The molecule has 0 aliphatic heterocycles. The van der Waals surface area contributed by atoms with Crippen molar-refractivity contribution in [2.24, 2.45) is 0 Å². The number of hydrogen-bond donors (Lipinski definition) is 1. The summed E-state index contributed by atoms with van der Waals surface area (Å²) in [7, 11) is 0. The first-order valence-electron chi connectivity index (χ1n) is 7.34. The van der Waals surface area contributed by atoms with Gasteiger partial charge in [0.15, 0.2) is 6.61 Å². The van der Waals surface area contributed by atoms with E-state index < -0.39 is 11.9 Å². The van der Waals surface area contributed by atoms with Crippen molar-refractivity contribution in [3.05, 3.63) is 77.3 Å². The summed E-state index contributed by atoms with van der Waals surface area (Å²) in [5, 5.41) is 4.95. The van der Waals surface area contributed by atoms with E-state index in [0.29, 0.717) is 16.3 Å². The Morgan fingerprint density at radius 1 is 0.917 bits per heavy atom. The van der Waals surface area contributed by atoms with Gasteiger partial charge >= 0.3 is 5.97 Å². The van der Waals surface area contributed by atoms with Gasteiger partial charge in [-0.3, -0.25) is 4.79 Å². The van der Waals surface area contributed by atoms with Crippen LogP contribution in [-0.2, 0) is 9.53 Å². The number of rotatable bonds is 4. The van der Waals surface area contributed by atoms with Gasteiger partial charge in [0, 0.05) is 10.7 Å². The summed E-state index contributed by atoms with van der Waals surface area (Å²) in [4.78, 5) is 24.1.